The quantitative estimate of drug-likeness (QED) is 0.604. The average Bonchev–Trinajstić information content (AvgIpc) is 2.20. The Morgan fingerprint density at radius 2 is 2.21 bits per heavy atom. The van der Waals surface area contributed by atoms with Gasteiger partial charge in [-0.2, -0.15) is 0 Å². The Hall–Kier alpha value is -0.220. The molecule has 78 valence electrons. The van der Waals surface area contributed by atoms with Crippen molar-refractivity contribution in [3.05, 3.63) is 28.8 Å². The van der Waals surface area contributed by atoms with Gasteiger partial charge in [0.25, 0.3) is 0 Å². The molecule has 1 aromatic rings. The summed E-state index contributed by atoms with van der Waals surface area (Å²) in [6, 6.07) is 5.85. The van der Waals surface area contributed by atoms with Crippen LogP contribution in [-0.2, 0) is 6.54 Å². The first-order chi connectivity index (χ1) is 6.77. The van der Waals surface area contributed by atoms with Gasteiger partial charge in [-0.1, -0.05) is 17.7 Å². The van der Waals surface area contributed by atoms with Crippen molar-refractivity contribution < 1.29 is 5.11 Å². The van der Waals surface area contributed by atoms with Crippen molar-refractivity contribution in [2.75, 3.05) is 12.4 Å². The molecule has 1 aromatic carbocycles. The largest absolute Gasteiger partial charge is 0.396 e. The van der Waals surface area contributed by atoms with Gasteiger partial charge in [-0.25, -0.2) is 0 Å². The van der Waals surface area contributed by atoms with Crippen LogP contribution in [0.3, 0.4) is 0 Å². The van der Waals surface area contributed by atoms with Crippen molar-refractivity contribution in [2.24, 2.45) is 5.73 Å². The van der Waals surface area contributed by atoms with Gasteiger partial charge in [0.15, 0.2) is 0 Å². The fourth-order valence-corrected chi connectivity index (χ4v) is 2.26. The molecule has 4 heteroatoms. The molecule has 0 bridgehead atoms. The molecule has 0 aliphatic heterocycles. The summed E-state index contributed by atoms with van der Waals surface area (Å²) in [4.78, 5) is 1.05. The minimum atomic E-state index is 0.228. The van der Waals surface area contributed by atoms with E-state index in [1.165, 1.54) is 0 Å². The van der Waals surface area contributed by atoms with E-state index in [0.29, 0.717) is 6.54 Å². The predicted octanol–water partition coefficient (Wildman–Crippen LogP) is 2.27. The third-order valence-electron chi connectivity index (χ3n) is 1.79. The summed E-state index contributed by atoms with van der Waals surface area (Å²) in [5.74, 6) is 0.887. The van der Waals surface area contributed by atoms with Crippen LogP contribution in [-0.4, -0.2) is 17.5 Å². The van der Waals surface area contributed by atoms with Gasteiger partial charge in [0, 0.05) is 23.8 Å². The number of nitrogens with two attached hydrogens (primary N) is 1. The molecule has 0 amide bonds. The second-order valence-corrected chi connectivity index (χ2v) is 4.44. The number of hydrogen-bond donors (Lipinski definition) is 2. The number of thioether (sulfide) groups is 1. The zero-order valence-electron chi connectivity index (χ0n) is 7.87. The Morgan fingerprint density at radius 3 is 2.79 bits per heavy atom. The second-order valence-electron chi connectivity index (χ2n) is 2.89. The molecule has 0 fully saturated rings. The zero-order chi connectivity index (χ0) is 10.4. The van der Waals surface area contributed by atoms with E-state index in [1.54, 1.807) is 11.8 Å². The first kappa shape index (κ1) is 11.9. The predicted molar refractivity (Wildman–Crippen MR) is 61.8 cm³/mol. The summed E-state index contributed by atoms with van der Waals surface area (Å²) >= 11 is 7.71. The van der Waals surface area contributed by atoms with E-state index in [0.717, 1.165) is 27.7 Å². The van der Waals surface area contributed by atoms with Gasteiger partial charge in [-0.15, -0.1) is 11.8 Å². The molecule has 0 aliphatic rings. The molecule has 0 heterocycles. The Bertz CT molecular complexity index is 293. The Balaban J connectivity index is 2.59. The molecule has 0 atom stereocenters. The smallest absolute Gasteiger partial charge is 0.0545 e. The first-order valence-electron chi connectivity index (χ1n) is 4.50. The van der Waals surface area contributed by atoms with Crippen LogP contribution in [0.15, 0.2) is 23.1 Å². The third-order valence-corrected chi connectivity index (χ3v) is 3.38. The summed E-state index contributed by atoms with van der Waals surface area (Å²) in [5, 5.41) is 9.38. The molecule has 0 aliphatic carbocycles. The van der Waals surface area contributed by atoms with Crippen LogP contribution in [0.2, 0.25) is 5.02 Å². The molecule has 3 N–H and O–H groups in total. The van der Waals surface area contributed by atoms with Crippen molar-refractivity contribution in [2.45, 2.75) is 17.9 Å². The standard InChI is InChI=1S/C10H14ClNOS/c11-9-6-8(7-12)2-3-10(9)14-5-1-4-13/h2-3,6,13H,1,4-5,7,12H2. The van der Waals surface area contributed by atoms with E-state index in [2.05, 4.69) is 0 Å². The van der Waals surface area contributed by atoms with Gasteiger partial charge < -0.3 is 10.8 Å². The molecule has 0 radical (unpaired) electrons. The number of rotatable bonds is 5. The highest BCUT2D eigenvalue weighted by Crippen LogP contribution is 2.28. The van der Waals surface area contributed by atoms with Gasteiger partial charge in [-0.3, -0.25) is 0 Å². The molecule has 0 unspecified atom stereocenters. The van der Waals surface area contributed by atoms with E-state index in [1.807, 2.05) is 18.2 Å². The van der Waals surface area contributed by atoms with Crippen LogP contribution >= 0.6 is 23.4 Å². The van der Waals surface area contributed by atoms with E-state index in [9.17, 15) is 0 Å². The lowest BCUT2D eigenvalue weighted by molar-refractivity contribution is 0.296. The number of aliphatic hydroxyl groups is 1. The van der Waals surface area contributed by atoms with Crippen molar-refractivity contribution in [3.63, 3.8) is 0 Å². The molecule has 0 spiro atoms. The highest BCUT2D eigenvalue weighted by Gasteiger charge is 2.01. The van der Waals surface area contributed by atoms with Crippen LogP contribution in [0.5, 0.6) is 0 Å². The van der Waals surface area contributed by atoms with Crippen molar-refractivity contribution >= 4 is 23.4 Å². The van der Waals surface area contributed by atoms with Crippen LogP contribution in [0.4, 0.5) is 0 Å². The van der Waals surface area contributed by atoms with Crippen LogP contribution in [0.25, 0.3) is 0 Å². The monoisotopic (exact) mass is 231 g/mol. The molecule has 2 nitrogen and oxygen atoms in total. The first-order valence-corrected chi connectivity index (χ1v) is 5.86. The minimum absolute atomic E-state index is 0.228. The number of benzene rings is 1. The number of halogens is 1. The van der Waals surface area contributed by atoms with Crippen molar-refractivity contribution in [3.8, 4) is 0 Å². The van der Waals surface area contributed by atoms with Crippen LogP contribution in [0, 0.1) is 0 Å². The third kappa shape index (κ3) is 3.50. The number of hydrogen-bond acceptors (Lipinski definition) is 3. The molecular weight excluding hydrogens is 218 g/mol. The summed E-state index contributed by atoms with van der Waals surface area (Å²) in [6.07, 6.45) is 0.791. The van der Waals surface area contributed by atoms with E-state index in [4.69, 9.17) is 22.4 Å². The van der Waals surface area contributed by atoms with E-state index < -0.39 is 0 Å². The maximum atomic E-state index is 8.63. The van der Waals surface area contributed by atoms with Gasteiger partial charge >= 0.3 is 0 Å². The highest BCUT2D eigenvalue weighted by molar-refractivity contribution is 7.99. The fourth-order valence-electron chi connectivity index (χ4n) is 1.04. The van der Waals surface area contributed by atoms with Gasteiger partial charge in [0.2, 0.25) is 0 Å². The maximum Gasteiger partial charge on any atom is 0.0545 e. The normalized spacial score (nSPS) is 10.5. The van der Waals surface area contributed by atoms with Gasteiger partial charge in [0.1, 0.15) is 0 Å². The van der Waals surface area contributed by atoms with Gasteiger partial charge in [0.05, 0.1) is 5.02 Å². The lowest BCUT2D eigenvalue weighted by atomic mass is 10.2. The van der Waals surface area contributed by atoms with Crippen LogP contribution in [0.1, 0.15) is 12.0 Å². The van der Waals surface area contributed by atoms with E-state index >= 15 is 0 Å². The Labute approximate surface area is 93.5 Å². The molecule has 0 saturated heterocycles. The topological polar surface area (TPSA) is 46.2 Å². The average molecular weight is 232 g/mol. The van der Waals surface area contributed by atoms with E-state index in [-0.39, 0.29) is 6.61 Å². The lowest BCUT2D eigenvalue weighted by Crippen LogP contribution is -1.95. The van der Waals surface area contributed by atoms with Gasteiger partial charge in [-0.05, 0) is 24.1 Å². The second kappa shape index (κ2) is 6.30. The summed E-state index contributed by atoms with van der Waals surface area (Å²) < 4.78 is 0. The molecule has 1 rings (SSSR count). The van der Waals surface area contributed by atoms with Crippen molar-refractivity contribution in [1.82, 2.24) is 0 Å². The summed E-state index contributed by atoms with van der Waals surface area (Å²) in [6.45, 7) is 0.743. The Kier molecular flexibility index (Phi) is 5.33. The molecule has 14 heavy (non-hydrogen) atoms. The lowest BCUT2D eigenvalue weighted by Gasteiger charge is -2.05. The highest BCUT2D eigenvalue weighted by atomic mass is 35.5. The van der Waals surface area contributed by atoms with Crippen molar-refractivity contribution in [1.29, 1.82) is 0 Å². The summed E-state index contributed by atoms with van der Waals surface area (Å²) in [5.41, 5.74) is 6.53. The zero-order valence-corrected chi connectivity index (χ0v) is 9.44. The van der Waals surface area contributed by atoms with Crippen LogP contribution < -0.4 is 5.73 Å². The fraction of sp³-hybridized carbons (Fsp3) is 0.400. The minimum Gasteiger partial charge on any atom is -0.396 e. The Morgan fingerprint density at radius 1 is 1.43 bits per heavy atom. The summed E-state index contributed by atoms with van der Waals surface area (Å²) in [7, 11) is 0. The number of aliphatic hydroxyl groups excluding tert-OH is 1. The molecule has 0 aromatic heterocycles. The molecular formula is C10H14ClNOS. The SMILES string of the molecule is NCc1ccc(SCCCO)c(Cl)c1. The molecule has 0 saturated carbocycles. The maximum absolute atomic E-state index is 8.63.